The molecule has 1 saturated heterocycles. The molecule has 1 saturated carbocycles. The fourth-order valence-corrected chi connectivity index (χ4v) is 4.28. The number of aliphatic carboxylic acids is 1. The van der Waals surface area contributed by atoms with E-state index >= 15 is 0 Å². The lowest BCUT2D eigenvalue weighted by Gasteiger charge is -2.53. The number of carbonyl (C=O) groups excluding carboxylic acids is 1. The van der Waals surface area contributed by atoms with E-state index in [4.69, 9.17) is 4.74 Å². The van der Waals surface area contributed by atoms with Gasteiger partial charge in [-0.2, -0.15) is 0 Å². The van der Waals surface area contributed by atoms with E-state index in [1.54, 1.807) is 0 Å². The minimum Gasteiger partial charge on any atom is -0.481 e. The molecule has 0 radical (unpaired) electrons. The van der Waals surface area contributed by atoms with Crippen LogP contribution in [0.2, 0.25) is 0 Å². The van der Waals surface area contributed by atoms with Crippen LogP contribution in [-0.2, 0) is 16.1 Å². The number of carbonyl (C=O) groups is 2. The summed E-state index contributed by atoms with van der Waals surface area (Å²) in [5.74, 6) is -1.85. The van der Waals surface area contributed by atoms with E-state index in [9.17, 15) is 23.5 Å². The Labute approximate surface area is 144 Å². The molecule has 7 heteroatoms. The van der Waals surface area contributed by atoms with E-state index in [2.05, 4.69) is 0 Å². The normalized spacial score (nSPS) is 23.3. The minimum absolute atomic E-state index is 0.0115. The van der Waals surface area contributed by atoms with Crippen LogP contribution < -0.4 is 0 Å². The molecule has 2 aliphatic rings. The molecule has 1 heterocycles. The zero-order valence-corrected chi connectivity index (χ0v) is 13.8. The largest absolute Gasteiger partial charge is 0.481 e. The van der Waals surface area contributed by atoms with Crippen LogP contribution in [0, 0.1) is 16.7 Å². The highest BCUT2D eigenvalue weighted by Crippen LogP contribution is 2.61. The predicted octanol–water partition coefficient (Wildman–Crippen LogP) is 3.05. The van der Waals surface area contributed by atoms with Crippen molar-refractivity contribution in [1.29, 1.82) is 0 Å². The summed E-state index contributed by atoms with van der Waals surface area (Å²) in [7, 11) is 0. The van der Waals surface area contributed by atoms with Gasteiger partial charge in [0.25, 0.3) is 0 Å². The smallest absolute Gasteiger partial charge is 0.410 e. The van der Waals surface area contributed by atoms with E-state index in [0.717, 1.165) is 5.56 Å². The fraction of sp³-hybridized carbons (Fsp3) is 0.556. The number of hydrogen-bond acceptors (Lipinski definition) is 3. The van der Waals surface area contributed by atoms with Gasteiger partial charge in [0.05, 0.1) is 19.3 Å². The van der Waals surface area contributed by atoms with Gasteiger partial charge < -0.3 is 14.7 Å². The third kappa shape index (κ3) is 3.19. The van der Waals surface area contributed by atoms with Crippen LogP contribution in [-0.4, -0.2) is 48.5 Å². The number of amides is 1. The molecule has 25 heavy (non-hydrogen) atoms. The van der Waals surface area contributed by atoms with Crippen molar-refractivity contribution in [3.63, 3.8) is 0 Å². The Balaban J connectivity index is 1.64. The number of nitrogens with zero attached hydrogens (tertiary/aromatic N) is 1. The molecule has 1 spiro atoms. The Morgan fingerprint density at radius 1 is 1.20 bits per heavy atom. The molecule has 5 nitrogen and oxygen atoms in total. The second-order valence-electron chi connectivity index (χ2n) is 7.29. The van der Waals surface area contributed by atoms with E-state index in [-0.39, 0.29) is 32.5 Å². The van der Waals surface area contributed by atoms with E-state index in [1.165, 1.54) is 4.90 Å². The number of benzene rings is 1. The average molecular weight is 353 g/mol. The minimum atomic E-state index is -1.09. The molecule has 3 rings (SSSR count). The second kappa shape index (κ2) is 6.61. The zero-order valence-electron chi connectivity index (χ0n) is 13.8. The molecule has 1 amide bonds. The number of ether oxygens (including phenoxy) is 1. The molecule has 136 valence electrons. The van der Waals surface area contributed by atoms with Crippen molar-refractivity contribution < 1.29 is 28.2 Å². The van der Waals surface area contributed by atoms with Gasteiger partial charge >= 0.3 is 12.1 Å². The molecular weight excluding hydrogens is 332 g/mol. The van der Waals surface area contributed by atoms with Crippen LogP contribution in [0.4, 0.5) is 13.6 Å². The van der Waals surface area contributed by atoms with Crippen LogP contribution in [0.1, 0.15) is 18.4 Å². The molecule has 1 N–H and O–H groups in total. The SMILES string of the molecule is O=C(O)C1CN(C(=O)OCc2ccccc2)CC12CC(CF)(CF)C2. The molecule has 1 aromatic rings. The number of halogens is 2. The number of carboxylic acid groups (broad SMARTS) is 1. The number of likely N-dealkylation sites (tertiary alicyclic amines) is 1. The van der Waals surface area contributed by atoms with Gasteiger partial charge in [-0.3, -0.25) is 13.6 Å². The van der Waals surface area contributed by atoms with E-state index in [0.29, 0.717) is 0 Å². The maximum absolute atomic E-state index is 13.1. The van der Waals surface area contributed by atoms with Crippen LogP contribution >= 0.6 is 0 Å². The summed E-state index contributed by atoms with van der Waals surface area (Å²) in [6.45, 7) is -1.34. The van der Waals surface area contributed by atoms with Gasteiger partial charge in [-0.15, -0.1) is 0 Å². The van der Waals surface area contributed by atoms with Crippen molar-refractivity contribution in [2.45, 2.75) is 19.4 Å². The molecule has 2 fully saturated rings. The standard InChI is InChI=1S/C18H21F2NO4/c19-10-17(11-20)8-18(9-17)12-21(6-14(18)15(22)23)16(24)25-7-13-4-2-1-3-5-13/h1-5,14H,6-12H2,(H,22,23). The van der Waals surface area contributed by atoms with Gasteiger partial charge in [0.1, 0.15) is 6.61 Å². The van der Waals surface area contributed by atoms with Gasteiger partial charge in [0, 0.05) is 23.9 Å². The maximum atomic E-state index is 13.1. The summed E-state index contributed by atoms with van der Waals surface area (Å²) in [5, 5.41) is 9.47. The highest BCUT2D eigenvalue weighted by atomic mass is 19.1. The third-order valence-electron chi connectivity index (χ3n) is 5.43. The van der Waals surface area contributed by atoms with Gasteiger partial charge in [0.15, 0.2) is 0 Å². The second-order valence-corrected chi connectivity index (χ2v) is 7.29. The lowest BCUT2D eigenvalue weighted by Crippen LogP contribution is -2.55. The fourth-order valence-electron chi connectivity index (χ4n) is 4.28. The Hall–Kier alpha value is -2.18. The summed E-state index contributed by atoms with van der Waals surface area (Å²) >= 11 is 0. The summed E-state index contributed by atoms with van der Waals surface area (Å²) in [5.41, 5.74) is -1.01. The summed E-state index contributed by atoms with van der Waals surface area (Å²) in [6, 6.07) is 9.15. The topological polar surface area (TPSA) is 66.8 Å². The lowest BCUT2D eigenvalue weighted by atomic mass is 9.50. The molecule has 1 aliphatic carbocycles. The predicted molar refractivity (Wildman–Crippen MR) is 85.4 cm³/mol. The van der Waals surface area contributed by atoms with E-state index < -0.39 is 42.2 Å². The number of carboxylic acids is 1. The molecule has 0 bridgehead atoms. The lowest BCUT2D eigenvalue weighted by molar-refractivity contribution is -0.155. The monoisotopic (exact) mass is 353 g/mol. The van der Waals surface area contributed by atoms with Crippen LogP contribution in [0.3, 0.4) is 0 Å². The number of alkyl halides is 2. The van der Waals surface area contributed by atoms with Crippen molar-refractivity contribution >= 4 is 12.1 Å². The van der Waals surface area contributed by atoms with Gasteiger partial charge in [-0.05, 0) is 18.4 Å². The Bertz CT molecular complexity index is 640. The van der Waals surface area contributed by atoms with Gasteiger partial charge in [-0.1, -0.05) is 30.3 Å². The first-order chi connectivity index (χ1) is 11.9. The first kappa shape index (κ1) is 17.6. The Morgan fingerprint density at radius 2 is 1.84 bits per heavy atom. The van der Waals surface area contributed by atoms with Crippen LogP contribution in [0.5, 0.6) is 0 Å². The van der Waals surface area contributed by atoms with Gasteiger partial charge in [0.2, 0.25) is 0 Å². The summed E-state index contributed by atoms with van der Waals surface area (Å²) in [6.07, 6.45) is -0.302. The van der Waals surface area contributed by atoms with Crippen LogP contribution in [0.25, 0.3) is 0 Å². The summed E-state index contributed by atoms with van der Waals surface area (Å²) in [4.78, 5) is 25.2. The molecule has 1 aliphatic heterocycles. The Morgan fingerprint density at radius 3 is 2.40 bits per heavy atom. The van der Waals surface area contributed by atoms with Crippen molar-refractivity contribution in [2.75, 3.05) is 26.4 Å². The van der Waals surface area contributed by atoms with Crippen LogP contribution in [0.15, 0.2) is 30.3 Å². The van der Waals surface area contributed by atoms with Crippen molar-refractivity contribution in [3.8, 4) is 0 Å². The molecule has 1 unspecified atom stereocenters. The molecule has 1 atom stereocenters. The maximum Gasteiger partial charge on any atom is 0.410 e. The number of rotatable bonds is 5. The van der Waals surface area contributed by atoms with Crippen molar-refractivity contribution in [1.82, 2.24) is 4.90 Å². The van der Waals surface area contributed by atoms with Crippen molar-refractivity contribution in [2.24, 2.45) is 16.7 Å². The number of hydrogen-bond donors (Lipinski definition) is 1. The highest BCUT2D eigenvalue weighted by molar-refractivity contribution is 5.75. The van der Waals surface area contributed by atoms with Gasteiger partial charge in [-0.25, -0.2) is 4.79 Å². The van der Waals surface area contributed by atoms with Crippen molar-refractivity contribution in [3.05, 3.63) is 35.9 Å². The Kier molecular flexibility index (Phi) is 4.67. The average Bonchev–Trinajstić information content (AvgIpc) is 2.99. The third-order valence-corrected chi connectivity index (χ3v) is 5.43. The quantitative estimate of drug-likeness (QED) is 0.884. The first-order valence-electron chi connectivity index (χ1n) is 8.24. The first-order valence-corrected chi connectivity index (χ1v) is 8.24. The zero-order chi connectivity index (χ0) is 18.1. The summed E-state index contributed by atoms with van der Waals surface area (Å²) < 4.78 is 31.5. The van der Waals surface area contributed by atoms with E-state index in [1.807, 2.05) is 30.3 Å². The molecule has 0 aromatic heterocycles. The molecule has 1 aromatic carbocycles. The molecular formula is C18H21F2NO4. The highest BCUT2D eigenvalue weighted by Gasteiger charge is 2.64.